The van der Waals surface area contributed by atoms with Gasteiger partial charge in [-0.15, -0.1) is 0 Å². The standard InChI is InChI=1S/C23H24F3NO2/c24-23(25,26)18-11-7-8-16(14-18)15-21(28)19-12-5-6-13-20(19)27-22(29)17-9-3-1-2-4-10-17/h5-8,11-14,17H,1-4,9-10,15H2,(H,27,29). The molecule has 29 heavy (non-hydrogen) atoms. The molecule has 3 rings (SSSR count). The van der Waals surface area contributed by atoms with Gasteiger partial charge in [0.25, 0.3) is 0 Å². The van der Waals surface area contributed by atoms with Gasteiger partial charge in [-0.3, -0.25) is 9.59 Å². The van der Waals surface area contributed by atoms with Crippen LogP contribution < -0.4 is 5.32 Å². The summed E-state index contributed by atoms with van der Waals surface area (Å²) in [5.74, 6) is -0.489. The molecule has 3 nitrogen and oxygen atoms in total. The maximum Gasteiger partial charge on any atom is 0.416 e. The highest BCUT2D eigenvalue weighted by molar-refractivity contribution is 6.06. The molecule has 1 N–H and O–H groups in total. The van der Waals surface area contributed by atoms with Gasteiger partial charge in [-0.2, -0.15) is 13.2 Å². The fourth-order valence-electron chi connectivity index (χ4n) is 3.75. The van der Waals surface area contributed by atoms with E-state index in [2.05, 4.69) is 5.32 Å². The normalized spacial score (nSPS) is 15.6. The van der Waals surface area contributed by atoms with Gasteiger partial charge in [-0.25, -0.2) is 0 Å². The number of anilines is 1. The van der Waals surface area contributed by atoms with E-state index in [-0.39, 0.29) is 29.6 Å². The second kappa shape index (κ2) is 9.25. The lowest BCUT2D eigenvalue weighted by molar-refractivity contribution is -0.137. The number of rotatable bonds is 5. The van der Waals surface area contributed by atoms with Gasteiger partial charge in [0.15, 0.2) is 5.78 Å². The van der Waals surface area contributed by atoms with Crippen molar-refractivity contribution in [2.24, 2.45) is 5.92 Å². The third-order valence-electron chi connectivity index (χ3n) is 5.33. The number of carbonyl (C=O) groups is 2. The summed E-state index contributed by atoms with van der Waals surface area (Å²) in [5.41, 5.74) is 0.234. The number of nitrogens with one attached hydrogen (secondary N) is 1. The van der Waals surface area contributed by atoms with Crippen molar-refractivity contribution in [1.29, 1.82) is 0 Å². The Morgan fingerprint density at radius 2 is 1.62 bits per heavy atom. The van der Waals surface area contributed by atoms with E-state index >= 15 is 0 Å². The predicted octanol–water partition coefficient (Wildman–Crippen LogP) is 6.04. The van der Waals surface area contributed by atoms with Crippen LogP contribution in [0, 0.1) is 5.92 Å². The predicted molar refractivity (Wildman–Crippen MR) is 106 cm³/mol. The largest absolute Gasteiger partial charge is 0.416 e. The molecule has 0 saturated heterocycles. The van der Waals surface area contributed by atoms with Crippen molar-refractivity contribution in [1.82, 2.24) is 0 Å². The molecule has 6 heteroatoms. The van der Waals surface area contributed by atoms with Crippen LogP contribution in [-0.4, -0.2) is 11.7 Å². The van der Waals surface area contributed by atoms with E-state index in [4.69, 9.17) is 0 Å². The first kappa shape index (κ1) is 21.1. The minimum absolute atomic E-state index is 0.0656. The Kier molecular flexibility index (Phi) is 6.72. The summed E-state index contributed by atoms with van der Waals surface area (Å²) in [6, 6.07) is 11.4. The molecule has 0 atom stereocenters. The first-order valence-corrected chi connectivity index (χ1v) is 9.94. The molecule has 1 amide bonds. The summed E-state index contributed by atoms with van der Waals surface area (Å²) in [5, 5.41) is 2.87. The number of ketones is 1. The molecule has 0 heterocycles. The molecule has 0 aromatic heterocycles. The van der Waals surface area contributed by atoms with Crippen LogP contribution in [-0.2, 0) is 17.4 Å². The first-order valence-electron chi connectivity index (χ1n) is 9.94. The lowest BCUT2D eigenvalue weighted by Crippen LogP contribution is -2.23. The minimum Gasteiger partial charge on any atom is -0.325 e. The summed E-state index contributed by atoms with van der Waals surface area (Å²) < 4.78 is 38.7. The van der Waals surface area contributed by atoms with Crippen molar-refractivity contribution in [2.75, 3.05) is 5.32 Å². The van der Waals surface area contributed by atoms with Crippen LogP contribution in [0.15, 0.2) is 48.5 Å². The molecule has 1 aliphatic carbocycles. The van der Waals surface area contributed by atoms with Crippen molar-refractivity contribution in [3.63, 3.8) is 0 Å². The van der Waals surface area contributed by atoms with Crippen LogP contribution in [0.4, 0.5) is 18.9 Å². The van der Waals surface area contributed by atoms with Gasteiger partial charge in [0, 0.05) is 17.9 Å². The number of amides is 1. The molecule has 0 radical (unpaired) electrons. The van der Waals surface area contributed by atoms with Gasteiger partial charge in [0.1, 0.15) is 0 Å². The Bertz CT molecular complexity index is 868. The highest BCUT2D eigenvalue weighted by Crippen LogP contribution is 2.30. The van der Waals surface area contributed by atoms with Gasteiger partial charge < -0.3 is 5.32 Å². The van der Waals surface area contributed by atoms with Gasteiger partial charge in [-0.05, 0) is 36.6 Å². The number of hydrogen-bond acceptors (Lipinski definition) is 2. The molecule has 0 spiro atoms. The summed E-state index contributed by atoms with van der Waals surface area (Å²) >= 11 is 0. The van der Waals surface area contributed by atoms with Gasteiger partial charge >= 0.3 is 6.18 Å². The number of Topliss-reactive ketones (excluding diaryl/α,β-unsaturated/α-hetero) is 1. The number of benzene rings is 2. The molecule has 0 unspecified atom stereocenters. The van der Waals surface area contributed by atoms with Crippen molar-refractivity contribution in [2.45, 2.75) is 51.1 Å². The third kappa shape index (κ3) is 5.68. The Hall–Kier alpha value is -2.63. The van der Waals surface area contributed by atoms with Crippen molar-refractivity contribution in [3.8, 4) is 0 Å². The minimum atomic E-state index is -4.45. The van der Waals surface area contributed by atoms with Crippen LogP contribution in [0.5, 0.6) is 0 Å². The van der Waals surface area contributed by atoms with Gasteiger partial charge in [-0.1, -0.05) is 56.0 Å². The second-order valence-corrected chi connectivity index (χ2v) is 7.52. The maximum atomic E-state index is 12.9. The molecule has 1 saturated carbocycles. The van der Waals surface area contributed by atoms with Gasteiger partial charge in [0.2, 0.25) is 5.91 Å². The molecule has 0 aliphatic heterocycles. The molecule has 2 aromatic rings. The van der Waals surface area contributed by atoms with Crippen LogP contribution in [0.1, 0.15) is 60.0 Å². The molecule has 0 bridgehead atoms. The Balaban J connectivity index is 1.74. The first-order chi connectivity index (χ1) is 13.8. The number of alkyl halides is 3. The van der Waals surface area contributed by atoms with Crippen molar-refractivity contribution >= 4 is 17.4 Å². The monoisotopic (exact) mass is 403 g/mol. The fraction of sp³-hybridized carbons (Fsp3) is 0.391. The van der Waals surface area contributed by atoms with Crippen molar-refractivity contribution < 1.29 is 22.8 Å². The highest BCUT2D eigenvalue weighted by Gasteiger charge is 2.30. The molecule has 2 aromatic carbocycles. The Labute approximate surface area is 168 Å². The smallest absolute Gasteiger partial charge is 0.325 e. The molecule has 1 fully saturated rings. The SMILES string of the molecule is O=C(Cc1cccc(C(F)(F)F)c1)c1ccccc1NC(=O)C1CCCCCC1. The van der Waals surface area contributed by atoms with E-state index in [1.165, 1.54) is 12.1 Å². The summed E-state index contributed by atoms with van der Waals surface area (Å²) in [4.78, 5) is 25.4. The van der Waals surface area contributed by atoms with Crippen LogP contribution in [0.3, 0.4) is 0 Å². The van der Waals surface area contributed by atoms with E-state index in [0.29, 0.717) is 11.3 Å². The zero-order chi connectivity index (χ0) is 20.9. The quantitative estimate of drug-likeness (QED) is 0.489. The van der Waals surface area contributed by atoms with E-state index in [0.717, 1.165) is 50.7 Å². The number of carbonyl (C=O) groups excluding carboxylic acids is 2. The lowest BCUT2D eigenvalue weighted by atomic mass is 9.97. The van der Waals surface area contributed by atoms with Gasteiger partial charge in [0.05, 0.1) is 11.3 Å². The third-order valence-corrected chi connectivity index (χ3v) is 5.33. The zero-order valence-electron chi connectivity index (χ0n) is 16.1. The molecular weight excluding hydrogens is 379 g/mol. The molecule has 154 valence electrons. The van der Waals surface area contributed by atoms with Crippen molar-refractivity contribution in [3.05, 3.63) is 65.2 Å². The maximum absolute atomic E-state index is 12.9. The molecule has 1 aliphatic rings. The van der Waals surface area contributed by atoms with E-state index in [9.17, 15) is 22.8 Å². The topological polar surface area (TPSA) is 46.2 Å². The van der Waals surface area contributed by atoms with E-state index in [1.807, 2.05) is 0 Å². The fourth-order valence-corrected chi connectivity index (χ4v) is 3.75. The number of para-hydroxylation sites is 1. The summed E-state index contributed by atoms with van der Waals surface area (Å²) in [6.45, 7) is 0. The summed E-state index contributed by atoms with van der Waals surface area (Å²) in [7, 11) is 0. The van der Waals surface area contributed by atoms with E-state index < -0.39 is 11.7 Å². The lowest BCUT2D eigenvalue weighted by Gasteiger charge is -2.16. The van der Waals surface area contributed by atoms with Crippen LogP contribution >= 0.6 is 0 Å². The number of halogens is 3. The van der Waals surface area contributed by atoms with Crippen LogP contribution in [0.2, 0.25) is 0 Å². The average Bonchev–Trinajstić information content (AvgIpc) is 2.97. The second-order valence-electron chi connectivity index (χ2n) is 7.52. The van der Waals surface area contributed by atoms with E-state index in [1.54, 1.807) is 24.3 Å². The Morgan fingerprint density at radius 1 is 0.931 bits per heavy atom. The zero-order valence-corrected chi connectivity index (χ0v) is 16.1. The molecular formula is C23H24F3NO2. The number of hydrogen-bond donors (Lipinski definition) is 1. The Morgan fingerprint density at radius 3 is 2.31 bits per heavy atom. The summed E-state index contributed by atoms with van der Waals surface area (Å²) in [6.07, 6.45) is 1.37. The average molecular weight is 403 g/mol. The van der Waals surface area contributed by atoms with Crippen LogP contribution in [0.25, 0.3) is 0 Å². The highest BCUT2D eigenvalue weighted by atomic mass is 19.4.